The molecule has 0 spiro atoms. The molecule has 3 saturated heterocycles. The highest BCUT2D eigenvalue weighted by atomic mass is 16.6. The van der Waals surface area contributed by atoms with E-state index in [-0.39, 0.29) is 41.6 Å². The fraction of sp³-hybridized carbons (Fsp3) is 0.341. The van der Waals surface area contributed by atoms with E-state index in [0.717, 1.165) is 62.0 Å². The zero-order chi connectivity index (χ0) is 39.0. The van der Waals surface area contributed by atoms with Crippen LogP contribution in [0.3, 0.4) is 0 Å². The first kappa shape index (κ1) is 38.6. The summed E-state index contributed by atoms with van der Waals surface area (Å²) in [6.07, 6.45) is 2.71. The molecule has 1 amide bonds. The monoisotopic (exact) mass is 760 g/mol. The van der Waals surface area contributed by atoms with Gasteiger partial charge in [-0.3, -0.25) is 9.69 Å². The predicted octanol–water partition coefficient (Wildman–Crippen LogP) is 6.07. The zero-order valence-electron chi connectivity index (χ0n) is 31.2. The van der Waals surface area contributed by atoms with Crippen molar-refractivity contribution in [3.8, 4) is 11.5 Å². The fourth-order valence-corrected chi connectivity index (χ4v) is 7.90. The molecule has 5 aromatic rings. The van der Waals surface area contributed by atoms with E-state index in [1.165, 1.54) is 12.1 Å². The van der Waals surface area contributed by atoms with Gasteiger partial charge in [0, 0.05) is 24.5 Å². The third-order valence-corrected chi connectivity index (χ3v) is 10.9. The SMILES string of the molecule is O=C(NC(c1ccccc1)c1cccc(OCc2ccc(C(=O)O)c(CCCCNC[C@H](O)c3ccc(O)c4[nH]c(=O)ccc34)c2)c1)O[C@H]1CN2CCC1CC2. The molecular formula is C44H48N4O8. The number of nitrogens with one attached hydrogen (secondary N) is 3. The number of benzene rings is 4. The minimum absolute atomic E-state index is 0.0632. The number of aliphatic hydroxyl groups is 1. The minimum atomic E-state index is -0.990. The second-order valence-electron chi connectivity index (χ2n) is 14.7. The van der Waals surface area contributed by atoms with Crippen molar-refractivity contribution < 1.29 is 34.4 Å². The van der Waals surface area contributed by atoms with Crippen LogP contribution in [0.5, 0.6) is 11.5 Å². The van der Waals surface area contributed by atoms with E-state index in [9.17, 15) is 29.7 Å². The van der Waals surface area contributed by atoms with Gasteiger partial charge in [-0.15, -0.1) is 0 Å². The number of alkyl carbamates (subject to hydrolysis) is 1. The highest BCUT2D eigenvalue weighted by Crippen LogP contribution is 2.32. The summed E-state index contributed by atoms with van der Waals surface area (Å²) in [5.41, 5.74) is 4.09. The van der Waals surface area contributed by atoms with Crippen LogP contribution >= 0.6 is 0 Å². The largest absolute Gasteiger partial charge is 0.506 e. The van der Waals surface area contributed by atoms with Gasteiger partial charge in [0.05, 0.1) is 23.2 Å². The van der Waals surface area contributed by atoms with Crippen LogP contribution < -0.4 is 20.9 Å². The number of phenolic OH excluding ortho intramolecular Hbond substituents is 1. The van der Waals surface area contributed by atoms with Gasteiger partial charge in [0.1, 0.15) is 24.2 Å². The Balaban J connectivity index is 0.937. The number of carbonyl (C=O) groups is 2. The number of ether oxygens (including phenoxy) is 2. The van der Waals surface area contributed by atoms with Crippen molar-refractivity contribution in [2.75, 3.05) is 32.7 Å². The third kappa shape index (κ3) is 9.39. The lowest BCUT2D eigenvalue weighted by Gasteiger charge is -2.43. The summed E-state index contributed by atoms with van der Waals surface area (Å²) >= 11 is 0. The molecule has 3 atom stereocenters. The minimum Gasteiger partial charge on any atom is -0.506 e. The van der Waals surface area contributed by atoms with Crippen molar-refractivity contribution in [3.63, 3.8) is 0 Å². The number of aryl methyl sites for hydroxylation is 1. The number of aromatic hydroxyl groups is 1. The quantitative estimate of drug-likeness (QED) is 0.0649. The van der Waals surface area contributed by atoms with Crippen molar-refractivity contribution in [2.45, 2.75) is 57.0 Å². The molecule has 292 valence electrons. The lowest BCUT2D eigenvalue weighted by molar-refractivity contribution is -0.0336. The number of nitrogens with zero attached hydrogens (tertiary/aromatic N) is 1. The van der Waals surface area contributed by atoms with Gasteiger partial charge in [-0.2, -0.15) is 0 Å². The molecule has 3 aliphatic heterocycles. The number of hydrogen-bond acceptors (Lipinski definition) is 9. The highest BCUT2D eigenvalue weighted by Gasteiger charge is 2.37. The van der Waals surface area contributed by atoms with Crippen molar-refractivity contribution in [2.24, 2.45) is 5.92 Å². The van der Waals surface area contributed by atoms with Crippen LogP contribution in [0.2, 0.25) is 0 Å². The first-order valence-corrected chi connectivity index (χ1v) is 19.3. The molecule has 1 aromatic heterocycles. The number of carboxylic acid groups (broad SMARTS) is 1. The summed E-state index contributed by atoms with van der Waals surface area (Å²) in [7, 11) is 0. The van der Waals surface area contributed by atoms with E-state index >= 15 is 0 Å². The normalized spacial score (nSPS) is 18.6. The summed E-state index contributed by atoms with van der Waals surface area (Å²) in [6.45, 7) is 4.00. The van der Waals surface area contributed by atoms with E-state index in [2.05, 4.69) is 20.5 Å². The van der Waals surface area contributed by atoms with Crippen LogP contribution in [0.4, 0.5) is 4.79 Å². The second-order valence-corrected chi connectivity index (χ2v) is 14.7. The molecule has 8 rings (SSSR count). The Morgan fingerprint density at radius 3 is 2.48 bits per heavy atom. The van der Waals surface area contributed by atoms with Gasteiger partial charge in [0.25, 0.3) is 0 Å². The maximum absolute atomic E-state index is 13.3. The number of carbonyl (C=O) groups excluding carboxylic acids is 1. The van der Waals surface area contributed by atoms with Crippen molar-refractivity contribution in [1.82, 2.24) is 20.5 Å². The molecule has 2 bridgehead atoms. The Hall–Kier alpha value is -5.69. The van der Waals surface area contributed by atoms with Gasteiger partial charge < -0.3 is 40.4 Å². The number of amides is 1. The summed E-state index contributed by atoms with van der Waals surface area (Å²) < 4.78 is 12.2. The number of rotatable bonds is 16. The smallest absolute Gasteiger partial charge is 0.408 e. The van der Waals surface area contributed by atoms with Crippen LogP contribution in [-0.4, -0.2) is 76.1 Å². The molecule has 1 unspecified atom stereocenters. The molecule has 4 aromatic carbocycles. The third-order valence-electron chi connectivity index (χ3n) is 10.9. The first-order chi connectivity index (χ1) is 27.2. The average Bonchev–Trinajstić information content (AvgIpc) is 3.21. The van der Waals surface area contributed by atoms with Gasteiger partial charge >= 0.3 is 12.1 Å². The molecule has 0 aliphatic carbocycles. The molecular weight excluding hydrogens is 713 g/mol. The average molecular weight is 761 g/mol. The number of aliphatic hydroxyl groups excluding tert-OH is 1. The predicted molar refractivity (Wildman–Crippen MR) is 212 cm³/mol. The first-order valence-electron chi connectivity index (χ1n) is 19.3. The van der Waals surface area contributed by atoms with Crippen LogP contribution in [0, 0.1) is 5.92 Å². The van der Waals surface area contributed by atoms with Crippen LogP contribution in [0.15, 0.2) is 102 Å². The Kier molecular flexibility index (Phi) is 12.3. The Morgan fingerprint density at radius 1 is 0.911 bits per heavy atom. The lowest BCUT2D eigenvalue weighted by atomic mass is 9.86. The van der Waals surface area contributed by atoms with E-state index in [4.69, 9.17) is 9.47 Å². The van der Waals surface area contributed by atoms with E-state index in [1.807, 2.05) is 60.7 Å². The second kappa shape index (κ2) is 17.8. The van der Waals surface area contributed by atoms with Gasteiger partial charge in [0.15, 0.2) is 0 Å². The number of H-pyrrole nitrogens is 1. The van der Waals surface area contributed by atoms with Crippen LogP contribution in [0.1, 0.15) is 76.0 Å². The molecule has 3 aliphatic rings. The number of aromatic amines is 1. The van der Waals surface area contributed by atoms with Gasteiger partial charge in [-0.25, -0.2) is 9.59 Å². The Bertz CT molecular complexity index is 2200. The van der Waals surface area contributed by atoms with Crippen LogP contribution in [0.25, 0.3) is 10.9 Å². The number of phenols is 1. The Labute approximate surface area is 325 Å². The molecule has 3 fully saturated rings. The zero-order valence-corrected chi connectivity index (χ0v) is 31.2. The van der Waals surface area contributed by atoms with Crippen LogP contribution in [-0.2, 0) is 17.8 Å². The molecule has 0 saturated carbocycles. The Morgan fingerprint density at radius 2 is 1.71 bits per heavy atom. The topological polar surface area (TPSA) is 173 Å². The molecule has 4 heterocycles. The van der Waals surface area contributed by atoms with Gasteiger partial charge in [0.2, 0.25) is 5.56 Å². The van der Waals surface area contributed by atoms with Gasteiger partial charge in [-0.05, 0) is 116 Å². The van der Waals surface area contributed by atoms with Crippen molar-refractivity contribution >= 4 is 23.0 Å². The lowest BCUT2D eigenvalue weighted by Crippen LogP contribution is -2.52. The molecule has 12 nitrogen and oxygen atoms in total. The van der Waals surface area contributed by atoms with Gasteiger partial charge in [-0.1, -0.05) is 60.7 Å². The summed E-state index contributed by atoms with van der Waals surface area (Å²) in [4.78, 5) is 42.0. The summed E-state index contributed by atoms with van der Waals surface area (Å²) in [5, 5.41) is 37.8. The fourth-order valence-electron chi connectivity index (χ4n) is 7.90. The molecule has 12 heteroatoms. The number of fused-ring (bicyclic) bond motifs is 4. The molecule has 56 heavy (non-hydrogen) atoms. The van der Waals surface area contributed by atoms with E-state index in [1.54, 1.807) is 24.3 Å². The maximum Gasteiger partial charge on any atom is 0.408 e. The van der Waals surface area contributed by atoms with E-state index < -0.39 is 24.2 Å². The maximum atomic E-state index is 13.3. The van der Waals surface area contributed by atoms with Crippen molar-refractivity contribution in [1.29, 1.82) is 0 Å². The summed E-state index contributed by atoms with van der Waals surface area (Å²) in [5.74, 6) is -0.0372. The number of piperidine rings is 3. The number of pyridine rings is 1. The number of unbranched alkanes of at least 4 members (excludes halogenated alkanes) is 1. The molecule has 6 N–H and O–H groups in total. The molecule has 0 radical (unpaired) electrons. The number of aromatic carboxylic acids is 1. The van der Waals surface area contributed by atoms with Crippen molar-refractivity contribution in [3.05, 3.63) is 141 Å². The number of hydrogen-bond donors (Lipinski definition) is 6. The standard InChI is InChI=1S/C44H48N4O8/c49-37-16-14-35(36-15-17-40(51)46-42(36)37)38(50)25-45-20-5-4-9-31-23-28(12-13-34(31)43(52)53)27-55-33-11-6-10-32(24-33)41(30-7-2-1-3-8-30)47-44(54)56-39-26-48-21-18-29(39)19-22-48/h1-3,6-8,10-17,23-24,29,38-39,41,45,49-50H,4-5,9,18-22,25-27H2,(H,46,51)(H,47,54)(H,52,53)/t38-,39-,41?/m0/s1. The highest BCUT2D eigenvalue weighted by molar-refractivity contribution is 5.89. The number of aromatic nitrogens is 1. The van der Waals surface area contributed by atoms with E-state index in [0.29, 0.717) is 41.1 Å². The summed E-state index contributed by atoms with van der Waals surface area (Å²) in [6, 6.07) is 28.2. The number of carboxylic acids is 1.